The van der Waals surface area contributed by atoms with Crippen molar-refractivity contribution in [2.45, 2.75) is 26.2 Å². The summed E-state index contributed by atoms with van der Waals surface area (Å²) in [7, 11) is 3.24. The van der Waals surface area contributed by atoms with Gasteiger partial charge in [-0.15, -0.1) is 0 Å². The number of anilines is 2. The molecule has 0 radical (unpaired) electrons. The van der Waals surface area contributed by atoms with E-state index in [0.29, 0.717) is 60.4 Å². The van der Waals surface area contributed by atoms with E-state index in [0.717, 1.165) is 31.6 Å². The molecule has 0 aliphatic carbocycles. The molecule has 2 aromatic rings. The highest BCUT2D eigenvalue weighted by Gasteiger charge is 2.20. The second kappa shape index (κ2) is 17.2. The first-order valence-electron chi connectivity index (χ1n) is 14.5. The maximum atomic E-state index is 14.6. The lowest BCUT2D eigenvalue weighted by atomic mass is 10.0. The summed E-state index contributed by atoms with van der Waals surface area (Å²) in [5.74, 6) is -0.332. The van der Waals surface area contributed by atoms with Crippen LogP contribution in [0.4, 0.5) is 20.7 Å². The van der Waals surface area contributed by atoms with Gasteiger partial charge in [0.05, 0.1) is 18.5 Å². The Kier molecular flexibility index (Phi) is 13.5. The smallest absolute Gasteiger partial charge is 0.409 e. The van der Waals surface area contributed by atoms with Crippen LogP contribution in [0.5, 0.6) is 0 Å². The van der Waals surface area contributed by atoms with Crippen LogP contribution in [0.3, 0.4) is 0 Å². The molecule has 0 fully saturated rings. The molecule has 11 nitrogen and oxygen atoms in total. The molecule has 0 saturated heterocycles. The van der Waals surface area contributed by atoms with Crippen molar-refractivity contribution in [1.82, 2.24) is 20.1 Å². The van der Waals surface area contributed by atoms with Gasteiger partial charge in [-0.25, -0.2) is 14.2 Å². The fraction of sp³-hybridized carbons (Fsp3) is 0.387. The summed E-state index contributed by atoms with van der Waals surface area (Å²) in [5, 5.41) is 9.58. The predicted molar refractivity (Wildman–Crippen MR) is 173 cm³/mol. The lowest BCUT2D eigenvalue weighted by molar-refractivity contribution is -0.116. The fourth-order valence-electron chi connectivity index (χ4n) is 4.63. The van der Waals surface area contributed by atoms with Gasteiger partial charge in [0.25, 0.3) is 0 Å². The highest BCUT2D eigenvalue weighted by molar-refractivity contribution is 6.30. The van der Waals surface area contributed by atoms with Crippen LogP contribution in [-0.4, -0.2) is 80.2 Å². The van der Waals surface area contributed by atoms with Crippen LogP contribution in [0.2, 0.25) is 5.02 Å². The monoisotopic (exact) mass is 628 g/mol. The Bertz CT molecular complexity index is 1400. The van der Waals surface area contributed by atoms with Crippen LogP contribution < -0.4 is 27.4 Å². The molecular formula is C31H42ClFN8O3. The molecule has 0 unspecified atom stereocenters. The Balaban J connectivity index is 1.85. The first-order chi connectivity index (χ1) is 21.1. The molecule has 2 heterocycles. The van der Waals surface area contributed by atoms with E-state index in [1.54, 1.807) is 23.2 Å². The second-order valence-electron chi connectivity index (χ2n) is 10.2. The number of hydrogen-bond donors (Lipinski definition) is 5. The van der Waals surface area contributed by atoms with E-state index in [1.807, 2.05) is 13.1 Å². The van der Waals surface area contributed by atoms with Gasteiger partial charge in [-0.2, -0.15) is 0 Å². The SMILES string of the molecule is CCCN(CCNC)CCC(=O)Nc1cc(NC(/C=C(\N)c2cc(Cl)ccc2F)=C(/N)C2=CCN(C(=O)OC)CC2)ccn1. The lowest BCUT2D eigenvalue weighted by Gasteiger charge is -2.26. The van der Waals surface area contributed by atoms with Crippen molar-refractivity contribution < 1.29 is 18.7 Å². The van der Waals surface area contributed by atoms with Gasteiger partial charge in [-0.05, 0) is 62.3 Å². The van der Waals surface area contributed by atoms with Crippen LogP contribution in [0.15, 0.2) is 65.6 Å². The zero-order valence-corrected chi connectivity index (χ0v) is 26.2. The number of pyridine rings is 1. The van der Waals surface area contributed by atoms with Crippen LogP contribution in [0.1, 0.15) is 31.7 Å². The normalized spacial score (nSPS) is 14.2. The van der Waals surface area contributed by atoms with Crippen molar-refractivity contribution in [2.75, 3.05) is 64.1 Å². The average Bonchev–Trinajstić information content (AvgIpc) is 3.02. The summed E-state index contributed by atoms with van der Waals surface area (Å²) >= 11 is 6.10. The minimum absolute atomic E-state index is 0.0977. The number of nitrogens with one attached hydrogen (secondary N) is 3. The summed E-state index contributed by atoms with van der Waals surface area (Å²) in [6, 6.07) is 7.50. The number of halogens is 2. The molecule has 1 aromatic carbocycles. The molecule has 44 heavy (non-hydrogen) atoms. The number of carbonyl (C=O) groups excluding carboxylic acids is 2. The molecule has 0 saturated carbocycles. The van der Waals surface area contributed by atoms with E-state index < -0.39 is 11.9 Å². The van der Waals surface area contributed by atoms with E-state index >= 15 is 0 Å². The molecule has 13 heteroatoms. The van der Waals surface area contributed by atoms with Crippen LogP contribution >= 0.6 is 11.6 Å². The largest absolute Gasteiger partial charge is 0.453 e. The van der Waals surface area contributed by atoms with Crippen LogP contribution in [-0.2, 0) is 9.53 Å². The molecule has 0 spiro atoms. The van der Waals surface area contributed by atoms with Gasteiger partial charge in [-0.3, -0.25) is 4.79 Å². The van der Waals surface area contributed by atoms with Crippen LogP contribution in [0, 0.1) is 5.82 Å². The quantitative estimate of drug-likeness (QED) is 0.195. The van der Waals surface area contributed by atoms with Crippen molar-refractivity contribution in [3.8, 4) is 0 Å². The van der Waals surface area contributed by atoms with Gasteiger partial charge in [0.15, 0.2) is 0 Å². The second-order valence-corrected chi connectivity index (χ2v) is 10.7. The minimum Gasteiger partial charge on any atom is -0.453 e. The summed E-state index contributed by atoms with van der Waals surface area (Å²) in [4.78, 5) is 32.8. The van der Waals surface area contributed by atoms with Crippen molar-refractivity contribution in [3.05, 3.63) is 82.1 Å². The number of nitrogens with two attached hydrogens (primary N) is 2. The number of hydrogen-bond acceptors (Lipinski definition) is 9. The zero-order valence-electron chi connectivity index (χ0n) is 25.5. The standard InChI is InChI=1S/C31H42ClFN8O3/c1-4-13-40(17-12-36-2)14-10-29(42)39-28-19-23(7-11-37-28)38-27(20-26(34)24-18-22(32)5-6-25(24)33)30(35)21-8-15-41(16-9-21)31(43)44-3/h5-8,11,18-20,36H,4,9-10,12-17,34-35H2,1-3H3,(H2,37,38,39,42)/b26-20-,30-27+. The third-order valence-corrected chi connectivity index (χ3v) is 7.23. The van der Waals surface area contributed by atoms with Gasteiger partial charge < -0.3 is 42.0 Å². The molecule has 1 aliphatic heterocycles. The van der Waals surface area contributed by atoms with E-state index in [-0.39, 0.29) is 17.2 Å². The average molecular weight is 629 g/mol. The van der Waals surface area contributed by atoms with Crippen molar-refractivity contribution in [3.63, 3.8) is 0 Å². The number of rotatable bonds is 14. The lowest BCUT2D eigenvalue weighted by Crippen LogP contribution is -2.35. The van der Waals surface area contributed by atoms with Gasteiger partial charge in [0.2, 0.25) is 5.91 Å². The number of likely N-dealkylation sites (N-methyl/N-ethyl adjacent to an activating group) is 1. The third-order valence-electron chi connectivity index (χ3n) is 7.00. The highest BCUT2D eigenvalue weighted by atomic mass is 35.5. The number of amides is 2. The topological polar surface area (TPSA) is 151 Å². The van der Waals surface area contributed by atoms with E-state index in [4.69, 9.17) is 27.8 Å². The molecule has 1 aliphatic rings. The van der Waals surface area contributed by atoms with Gasteiger partial charge in [0.1, 0.15) is 11.6 Å². The molecule has 238 valence electrons. The summed E-state index contributed by atoms with van der Waals surface area (Å²) in [6.07, 6.45) is 6.28. The van der Waals surface area contributed by atoms with Crippen molar-refractivity contribution in [1.29, 1.82) is 0 Å². The Morgan fingerprint density at radius 3 is 2.66 bits per heavy atom. The van der Waals surface area contributed by atoms with Gasteiger partial charge >= 0.3 is 6.09 Å². The first-order valence-corrected chi connectivity index (χ1v) is 14.9. The number of allylic oxidation sites excluding steroid dienone is 2. The Labute approximate surface area is 263 Å². The Hall–Kier alpha value is -4.13. The molecule has 1 aromatic heterocycles. The number of nitrogens with zero attached hydrogens (tertiary/aromatic N) is 3. The number of ether oxygens (including phenoxy) is 1. The number of carbonyl (C=O) groups is 2. The highest BCUT2D eigenvalue weighted by Crippen LogP contribution is 2.25. The minimum atomic E-state index is -0.538. The maximum Gasteiger partial charge on any atom is 0.409 e. The first kappa shape index (κ1) is 34.4. The number of benzene rings is 1. The summed E-state index contributed by atoms with van der Waals surface area (Å²) in [6.45, 7) is 6.09. The summed E-state index contributed by atoms with van der Waals surface area (Å²) < 4.78 is 19.4. The fourth-order valence-corrected chi connectivity index (χ4v) is 4.81. The molecule has 0 bridgehead atoms. The Morgan fingerprint density at radius 2 is 1.98 bits per heavy atom. The van der Waals surface area contributed by atoms with Crippen LogP contribution in [0.25, 0.3) is 5.70 Å². The molecule has 2 amide bonds. The van der Waals surface area contributed by atoms with Crippen molar-refractivity contribution in [2.24, 2.45) is 11.5 Å². The maximum absolute atomic E-state index is 14.6. The van der Waals surface area contributed by atoms with E-state index in [1.165, 1.54) is 31.4 Å². The third kappa shape index (κ3) is 10.2. The molecule has 0 atom stereocenters. The summed E-state index contributed by atoms with van der Waals surface area (Å²) in [5.41, 5.74) is 15.3. The molecular weight excluding hydrogens is 587 g/mol. The van der Waals surface area contributed by atoms with E-state index in [9.17, 15) is 14.0 Å². The van der Waals surface area contributed by atoms with E-state index in [2.05, 4.69) is 32.8 Å². The predicted octanol–water partition coefficient (Wildman–Crippen LogP) is 4.11. The van der Waals surface area contributed by atoms with Gasteiger partial charge in [0, 0.05) is 73.4 Å². The Morgan fingerprint density at radius 1 is 1.18 bits per heavy atom. The van der Waals surface area contributed by atoms with Gasteiger partial charge in [-0.1, -0.05) is 24.6 Å². The molecule has 3 rings (SSSR count). The number of aromatic nitrogens is 1. The van der Waals surface area contributed by atoms with Crippen molar-refractivity contribution >= 4 is 40.8 Å². The zero-order chi connectivity index (χ0) is 32.1. The molecule has 7 N–H and O–H groups in total. The number of methoxy groups -OCH3 is 1.